The molecule has 0 fully saturated rings. The van der Waals surface area contributed by atoms with Gasteiger partial charge in [0.05, 0.1) is 5.54 Å². The zero-order valence-electron chi connectivity index (χ0n) is 12.9. The van der Waals surface area contributed by atoms with Gasteiger partial charge in [0, 0.05) is 5.75 Å². The SMILES string of the molecule is CC(C)(C)N=C(N)SCc1ccc(C(C)(C)C)cc1. The van der Waals surface area contributed by atoms with E-state index in [9.17, 15) is 0 Å². The van der Waals surface area contributed by atoms with Gasteiger partial charge >= 0.3 is 0 Å². The predicted molar refractivity (Wildman–Crippen MR) is 87.8 cm³/mol. The predicted octanol–water partition coefficient (Wildman–Crippen LogP) is 4.33. The van der Waals surface area contributed by atoms with Crippen molar-refractivity contribution in [1.29, 1.82) is 0 Å². The maximum atomic E-state index is 5.92. The fourth-order valence-electron chi connectivity index (χ4n) is 1.62. The van der Waals surface area contributed by atoms with Crippen molar-refractivity contribution in [2.45, 2.75) is 58.2 Å². The molecule has 0 aliphatic rings. The van der Waals surface area contributed by atoms with Crippen LogP contribution >= 0.6 is 11.8 Å². The molecule has 0 saturated heterocycles. The summed E-state index contributed by atoms with van der Waals surface area (Å²) < 4.78 is 0. The lowest BCUT2D eigenvalue weighted by Gasteiger charge is -2.19. The van der Waals surface area contributed by atoms with Crippen molar-refractivity contribution in [1.82, 2.24) is 0 Å². The summed E-state index contributed by atoms with van der Waals surface area (Å²) in [6, 6.07) is 8.76. The molecule has 0 aliphatic carbocycles. The zero-order valence-corrected chi connectivity index (χ0v) is 13.8. The standard InChI is InChI=1S/C16H26N2S/c1-15(2,3)13-9-7-12(8-10-13)11-19-14(17)18-16(4,5)6/h7-10H,11H2,1-6H3,(H2,17,18). The van der Waals surface area contributed by atoms with E-state index in [2.05, 4.69) is 70.8 Å². The Morgan fingerprint density at radius 3 is 2.00 bits per heavy atom. The second kappa shape index (κ2) is 6.00. The van der Waals surface area contributed by atoms with E-state index in [4.69, 9.17) is 5.73 Å². The van der Waals surface area contributed by atoms with E-state index >= 15 is 0 Å². The normalized spacial score (nSPS) is 13.7. The summed E-state index contributed by atoms with van der Waals surface area (Å²) in [5, 5.41) is 0.660. The first kappa shape index (κ1) is 16.1. The van der Waals surface area contributed by atoms with Crippen LogP contribution in [0, 0.1) is 0 Å². The van der Waals surface area contributed by atoms with Gasteiger partial charge in [-0.15, -0.1) is 0 Å². The number of aliphatic imine (C=N–C) groups is 1. The van der Waals surface area contributed by atoms with E-state index in [0.717, 1.165) is 5.75 Å². The molecule has 0 saturated carbocycles. The van der Waals surface area contributed by atoms with Crippen LogP contribution in [0.1, 0.15) is 52.7 Å². The average molecular weight is 278 g/mol. The molecule has 106 valence electrons. The number of nitrogens with two attached hydrogens (primary N) is 1. The lowest BCUT2D eigenvalue weighted by atomic mass is 9.87. The lowest BCUT2D eigenvalue weighted by molar-refractivity contribution is 0.585. The number of nitrogens with zero attached hydrogens (tertiary/aromatic N) is 1. The molecule has 0 aromatic heterocycles. The Kier molecular flexibility index (Phi) is 5.08. The summed E-state index contributed by atoms with van der Waals surface area (Å²) in [4.78, 5) is 4.44. The average Bonchev–Trinajstić information content (AvgIpc) is 2.23. The minimum atomic E-state index is -0.104. The molecular formula is C16H26N2S. The van der Waals surface area contributed by atoms with Crippen LogP contribution in [-0.4, -0.2) is 10.7 Å². The Morgan fingerprint density at radius 1 is 1.05 bits per heavy atom. The van der Waals surface area contributed by atoms with Crippen molar-refractivity contribution < 1.29 is 0 Å². The van der Waals surface area contributed by atoms with E-state index in [1.54, 1.807) is 11.8 Å². The van der Waals surface area contributed by atoms with E-state index in [0.29, 0.717) is 5.17 Å². The van der Waals surface area contributed by atoms with Crippen molar-refractivity contribution in [3.8, 4) is 0 Å². The van der Waals surface area contributed by atoms with Crippen LogP contribution < -0.4 is 5.73 Å². The van der Waals surface area contributed by atoms with Gasteiger partial charge in [0.25, 0.3) is 0 Å². The summed E-state index contributed by atoms with van der Waals surface area (Å²) in [5.74, 6) is 0.871. The first-order chi connectivity index (χ1) is 8.58. The number of rotatable bonds is 2. The molecule has 1 aromatic rings. The molecule has 0 heterocycles. The van der Waals surface area contributed by atoms with Gasteiger partial charge in [-0.2, -0.15) is 0 Å². The highest BCUT2D eigenvalue weighted by molar-refractivity contribution is 8.13. The number of hydrogen-bond acceptors (Lipinski definition) is 2. The first-order valence-corrected chi connectivity index (χ1v) is 7.64. The monoisotopic (exact) mass is 278 g/mol. The molecule has 0 unspecified atom stereocenters. The highest BCUT2D eigenvalue weighted by atomic mass is 32.2. The van der Waals surface area contributed by atoms with Crippen LogP contribution in [0.3, 0.4) is 0 Å². The molecule has 0 radical (unpaired) electrons. The smallest absolute Gasteiger partial charge is 0.154 e. The minimum absolute atomic E-state index is 0.104. The van der Waals surface area contributed by atoms with E-state index < -0.39 is 0 Å². The lowest BCUT2D eigenvalue weighted by Crippen LogP contribution is -2.17. The first-order valence-electron chi connectivity index (χ1n) is 6.65. The second-order valence-electron chi connectivity index (χ2n) is 6.86. The Labute approximate surface area is 121 Å². The van der Waals surface area contributed by atoms with Crippen LogP contribution in [0.4, 0.5) is 0 Å². The third-order valence-electron chi connectivity index (χ3n) is 2.65. The molecule has 0 aliphatic heterocycles. The third-order valence-corrected chi connectivity index (χ3v) is 3.52. The fourth-order valence-corrected chi connectivity index (χ4v) is 2.47. The van der Waals surface area contributed by atoms with Gasteiger partial charge in [-0.25, -0.2) is 0 Å². The molecule has 0 bridgehead atoms. The molecule has 2 N–H and O–H groups in total. The summed E-state index contributed by atoms with van der Waals surface area (Å²) in [6.07, 6.45) is 0. The fraction of sp³-hybridized carbons (Fsp3) is 0.562. The largest absolute Gasteiger partial charge is 0.379 e. The zero-order chi connectivity index (χ0) is 14.7. The van der Waals surface area contributed by atoms with Crippen molar-refractivity contribution in [2.75, 3.05) is 0 Å². The number of thioether (sulfide) groups is 1. The van der Waals surface area contributed by atoms with Crippen molar-refractivity contribution in [3.63, 3.8) is 0 Å². The number of hydrogen-bond donors (Lipinski definition) is 1. The topological polar surface area (TPSA) is 38.4 Å². The number of benzene rings is 1. The maximum Gasteiger partial charge on any atom is 0.154 e. The van der Waals surface area contributed by atoms with Gasteiger partial charge in [-0.3, -0.25) is 4.99 Å². The van der Waals surface area contributed by atoms with Crippen LogP contribution in [0.2, 0.25) is 0 Å². The molecule has 0 atom stereocenters. The van der Waals surface area contributed by atoms with Gasteiger partial charge in [0.2, 0.25) is 0 Å². The van der Waals surface area contributed by atoms with E-state index in [1.807, 2.05) is 0 Å². The highest BCUT2D eigenvalue weighted by Gasteiger charge is 2.13. The van der Waals surface area contributed by atoms with Crippen molar-refractivity contribution in [3.05, 3.63) is 35.4 Å². The van der Waals surface area contributed by atoms with Gasteiger partial charge in [-0.05, 0) is 37.3 Å². The molecule has 0 amide bonds. The molecule has 3 heteroatoms. The summed E-state index contributed by atoms with van der Waals surface area (Å²) in [7, 11) is 0. The van der Waals surface area contributed by atoms with Gasteiger partial charge in [0.15, 0.2) is 5.17 Å². The molecular weight excluding hydrogens is 252 g/mol. The highest BCUT2D eigenvalue weighted by Crippen LogP contribution is 2.23. The third kappa shape index (κ3) is 6.15. The van der Waals surface area contributed by atoms with Crippen molar-refractivity contribution >= 4 is 16.9 Å². The van der Waals surface area contributed by atoms with E-state index in [1.165, 1.54) is 11.1 Å². The quantitative estimate of drug-likeness (QED) is 0.646. The summed E-state index contributed by atoms with van der Waals surface area (Å²) in [6.45, 7) is 12.8. The Morgan fingerprint density at radius 2 is 1.58 bits per heavy atom. The Balaban J connectivity index is 2.63. The molecule has 1 aromatic carbocycles. The van der Waals surface area contributed by atoms with Crippen LogP contribution in [0.25, 0.3) is 0 Å². The summed E-state index contributed by atoms with van der Waals surface area (Å²) >= 11 is 1.60. The Bertz CT molecular complexity index is 433. The molecule has 1 rings (SSSR count). The van der Waals surface area contributed by atoms with Crippen molar-refractivity contribution in [2.24, 2.45) is 10.7 Å². The minimum Gasteiger partial charge on any atom is -0.379 e. The molecule has 0 spiro atoms. The maximum absolute atomic E-state index is 5.92. The Hall–Kier alpha value is -0.960. The van der Waals surface area contributed by atoms with Crippen LogP contribution in [0.5, 0.6) is 0 Å². The van der Waals surface area contributed by atoms with Gasteiger partial charge in [0.1, 0.15) is 0 Å². The van der Waals surface area contributed by atoms with Crippen LogP contribution in [0.15, 0.2) is 29.3 Å². The van der Waals surface area contributed by atoms with Gasteiger partial charge in [-0.1, -0.05) is 56.8 Å². The van der Waals surface area contributed by atoms with E-state index in [-0.39, 0.29) is 11.0 Å². The second-order valence-corrected chi connectivity index (χ2v) is 7.85. The molecule has 2 nitrogen and oxygen atoms in total. The molecule has 19 heavy (non-hydrogen) atoms. The van der Waals surface area contributed by atoms with Crippen LogP contribution in [-0.2, 0) is 11.2 Å². The summed E-state index contributed by atoms with van der Waals surface area (Å²) in [5.41, 5.74) is 8.66. The van der Waals surface area contributed by atoms with Gasteiger partial charge < -0.3 is 5.73 Å². The number of amidine groups is 1.